The minimum Gasteiger partial charge on any atom is -0.506 e. The van der Waals surface area contributed by atoms with E-state index in [1.54, 1.807) is 0 Å². The number of rotatable bonds is 4. The van der Waals surface area contributed by atoms with Crippen molar-refractivity contribution < 1.29 is 15.0 Å². The van der Waals surface area contributed by atoms with Gasteiger partial charge in [-0.25, -0.2) is 0 Å². The van der Waals surface area contributed by atoms with Gasteiger partial charge in [-0.1, -0.05) is 12.5 Å². The van der Waals surface area contributed by atoms with Crippen molar-refractivity contribution >= 4 is 21.9 Å². The summed E-state index contributed by atoms with van der Waals surface area (Å²) in [7, 11) is 0. The maximum Gasteiger partial charge on any atom is 0.303 e. The molecular formula is C15H19BrO3. The van der Waals surface area contributed by atoms with Crippen molar-refractivity contribution in [3.8, 4) is 5.75 Å². The number of carbonyl (C=O) groups is 1. The molecule has 0 saturated heterocycles. The van der Waals surface area contributed by atoms with Gasteiger partial charge in [0.05, 0.1) is 4.47 Å². The maximum atomic E-state index is 10.5. The number of hydrogen-bond acceptors (Lipinski definition) is 2. The van der Waals surface area contributed by atoms with Crippen LogP contribution in [0.25, 0.3) is 0 Å². The smallest absolute Gasteiger partial charge is 0.303 e. The lowest BCUT2D eigenvalue weighted by atomic mass is 9.96. The highest BCUT2D eigenvalue weighted by atomic mass is 79.9. The molecule has 0 fully saturated rings. The first-order valence-corrected chi connectivity index (χ1v) is 7.62. The summed E-state index contributed by atoms with van der Waals surface area (Å²) >= 11 is 3.51. The number of phenolic OH excluding ortho intramolecular Hbond substituents is 1. The Morgan fingerprint density at radius 1 is 1.26 bits per heavy atom. The highest BCUT2D eigenvalue weighted by molar-refractivity contribution is 9.10. The average molecular weight is 327 g/mol. The Balaban J connectivity index is 2.22. The Bertz CT molecular complexity index is 483. The van der Waals surface area contributed by atoms with Crippen LogP contribution in [0, 0.1) is 0 Å². The highest BCUT2D eigenvalue weighted by Crippen LogP contribution is 2.37. The average Bonchev–Trinajstić information content (AvgIpc) is 2.60. The Kier molecular flexibility index (Phi) is 4.86. The van der Waals surface area contributed by atoms with E-state index in [0.29, 0.717) is 18.6 Å². The van der Waals surface area contributed by atoms with Crippen molar-refractivity contribution in [2.24, 2.45) is 0 Å². The van der Waals surface area contributed by atoms with Crippen LogP contribution in [-0.4, -0.2) is 16.2 Å². The van der Waals surface area contributed by atoms with Gasteiger partial charge >= 0.3 is 5.97 Å². The van der Waals surface area contributed by atoms with Gasteiger partial charge in [0.15, 0.2) is 0 Å². The van der Waals surface area contributed by atoms with E-state index in [0.717, 1.165) is 22.9 Å². The molecule has 0 spiro atoms. The van der Waals surface area contributed by atoms with Crippen molar-refractivity contribution in [3.05, 3.63) is 27.2 Å². The number of carboxylic acid groups (broad SMARTS) is 1. The summed E-state index contributed by atoms with van der Waals surface area (Å²) in [5.74, 6) is -0.487. The Morgan fingerprint density at radius 2 is 2.00 bits per heavy atom. The highest BCUT2D eigenvalue weighted by Gasteiger charge is 2.17. The quantitative estimate of drug-likeness (QED) is 0.826. The van der Waals surface area contributed by atoms with Crippen molar-refractivity contribution in [1.82, 2.24) is 0 Å². The topological polar surface area (TPSA) is 57.5 Å². The van der Waals surface area contributed by atoms with E-state index in [9.17, 15) is 9.90 Å². The van der Waals surface area contributed by atoms with E-state index in [2.05, 4.69) is 22.0 Å². The van der Waals surface area contributed by atoms with Crippen molar-refractivity contribution in [3.63, 3.8) is 0 Å². The molecule has 0 unspecified atom stereocenters. The molecule has 0 atom stereocenters. The van der Waals surface area contributed by atoms with Gasteiger partial charge in [-0.3, -0.25) is 4.79 Å². The summed E-state index contributed by atoms with van der Waals surface area (Å²) in [5.41, 5.74) is 3.42. The Morgan fingerprint density at radius 3 is 2.74 bits per heavy atom. The van der Waals surface area contributed by atoms with E-state index in [1.165, 1.54) is 30.4 Å². The molecule has 3 nitrogen and oxygen atoms in total. The summed E-state index contributed by atoms with van der Waals surface area (Å²) in [6, 6.07) is 2.07. The van der Waals surface area contributed by atoms with Gasteiger partial charge in [0, 0.05) is 6.42 Å². The monoisotopic (exact) mass is 326 g/mol. The number of aryl methyl sites for hydroxylation is 2. The largest absolute Gasteiger partial charge is 0.506 e. The van der Waals surface area contributed by atoms with Gasteiger partial charge < -0.3 is 10.2 Å². The first-order valence-electron chi connectivity index (χ1n) is 6.83. The molecule has 1 aromatic carbocycles. The zero-order chi connectivity index (χ0) is 13.8. The van der Waals surface area contributed by atoms with Crippen LogP contribution in [0.1, 0.15) is 48.8 Å². The first kappa shape index (κ1) is 14.4. The van der Waals surface area contributed by atoms with Gasteiger partial charge in [0.25, 0.3) is 0 Å². The molecule has 1 aliphatic carbocycles. The second-order valence-corrected chi connectivity index (χ2v) is 5.94. The van der Waals surface area contributed by atoms with Crippen LogP contribution in [0.15, 0.2) is 10.5 Å². The molecule has 0 aromatic heterocycles. The third-order valence-electron chi connectivity index (χ3n) is 3.72. The molecule has 2 N–H and O–H groups in total. The van der Waals surface area contributed by atoms with Gasteiger partial charge in [-0.05, 0) is 71.1 Å². The summed E-state index contributed by atoms with van der Waals surface area (Å²) in [6.07, 6.45) is 6.99. The number of aromatic hydroxyl groups is 1. The van der Waals surface area contributed by atoms with Crippen LogP contribution in [0.2, 0.25) is 0 Å². The van der Waals surface area contributed by atoms with E-state index in [4.69, 9.17) is 5.11 Å². The van der Waals surface area contributed by atoms with Gasteiger partial charge in [0.1, 0.15) is 5.75 Å². The minimum absolute atomic E-state index is 0.147. The van der Waals surface area contributed by atoms with E-state index >= 15 is 0 Å². The zero-order valence-electron chi connectivity index (χ0n) is 10.9. The van der Waals surface area contributed by atoms with Crippen LogP contribution in [0.3, 0.4) is 0 Å². The SMILES string of the molecule is O=C(O)CCCc1cc2c(c(Br)c1O)CCCCC2. The molecule has 0 aliphatic heterocycles. The lowest BCUT2D eigenvalue weighted by Crippen LogP contribution is -2.00. The van der Waals surface area contributed by atoms with E-state index < -0.39 is 5.97 Å². The lowest BCUT2D eigenvalue weighted by molar-refractivity contribution is -0.137. The van der Waals surface area contributed by atoms with Crippen LogP contribution in [0.4, 0.5) is 0 Å². The fraction of sp³-hybridized carbons (Fsp3) is 0.533. The Labute approximate surface area is 121 Å². The molecule has 0 amide bonds. The van der Waals surface area contributed by atoms with Crippen LogP contribution in [-0.2, 0) is 24.1 Å². The van der Waals surface area contributed by atoms with E-state index in [-0.39, 0.29) is 6.42 Å². The number of benzene rings is 1. The van der Waals surface area contributed by atoms with Gasteiger partial charge in [0.2, 0.25) is 0 Å². The number of hydrogen-bond donors (Lipinski definition) is 2. The van der Waals surface area contributed by atoms with Crippen LogP contribution < -0.4 is 0 Å². The van der Waals surface area contributed by atoms with Crippen molar-refractivity contribution in [2.45, 2.75) is 51.4 Å². The van der Waals surface area contributed by atoms with E-state index in [1.807, 2.05) is 0 Å². The predicted molar refractivity (Wildman–Crippen MR) is 77.6 cm³/mol. The van der Waals surface area contributed by atoms with Gasteiger partial charge in [-0.2, -0.15) is 0 Å². The minimum atomic E-state index is -0.784. The molecule has 1 aromatic rings. The fourth-order valence-corrected chi connectivity index (χ4v) is 3.41. The standard InChI is InChI=1S/C15H19BrO3/c16-14-12-7-3-1-2-5-10(12)9-11(15(14)19)6-4-8-13(17)18/h9,19H,1-8H2,(H,17,18). The fourth-order valence-electron chi connectivity index (χ4n) is 2.70. The molecular weight excluding hydrogens is 308 g/mol. The molecule has 2 rings (SSSR count). The molecule has 0 heterocycles. The maximum absolute atomic E-state index is 10.5. The number of fused-ring (bicyclic) bond motifs is 1. The number of carboxylic acids is 1. The summed E-state index contributed by atoms with van der Waals surface area (Å²) < 4.78 is 0.817. The zero-order valence-corrected chi connectivity index (χ0v) is 12.5. The van der Waals surface area contributed by atoms with Crippen LogP contribution >= 0.6 is 15.9 Å². The second kappa shape index (κ2) is 6.42. The number of aliphatic carboxylic acids is 1. The Hall–Kier alpha value is -1.03. The normalized spacial score (nSPS) is 14.8. The second-order valence-electron chi connectivity index (χ2n) is 5.14. The number of phenols is 1. The molecule has 1 aliphatic rings. The van der Waals surface area contributed by atoms with Crippen LogP contribution in [0.5, 0.6) is 5.75 Å². The van der Waals surface area contributed by atoms with Crippen molar-refractivity contribution in [2.75, 3.05) is 0 Å². The summed E-state index contributed by atoms with van der Waals surface area (Å²) in [6.45, 7) is 0. The molecule has 0 bridgehead atoms. The first-order chi connectivity index (χ1) is 9.09. The van der Waals surface area contributed by atoms with Crippen molar-refractivity contribution in [1.29, 1.82) is 0 Å². The molecule has 0 saturated carbocycles. The molecule has 104 valence electrons. The van der Waals surface area contributed by atoms with Gasteiger partial charge in [-0.15, -0.1) is 0 Å². The number of halogens is 1. The third-order valence-corrected chi connectivity index (χ3v) is 4.58. The third kappa shape index (κ3) is 3.50. The molecule has 4 heteroatoms. The summed E-state index contributed by atoms with van der Waals surface area (Å²) in [4.78, 5) is 10.5. The lowest BCUT2D eigenvalue weighted by Gasteiger charge is -2.14. The predicted octanol–water partition coefficient (Wildman–Crippen LogP) is 3.83. The summed E-state index contributed by atoms with van der Waals surface area (Å²) in [5, 5.41) is 18.9. The molecule has 19 heavy (non-hydrogen) atoms. The molecule has 0 radical (unpaired) electrons.